The van der Waals surface area contributed by atoms with Crippen molar-refractivity contribution in [2.24, 2.45) is 0 Å². The fourth-order valence-electron chi connectivity index (χ4n) is 0.491. The monoisotopic (exact) mass is 124 g/mol. The van der Waals surface area contributed by atoms with Gasteiger partial charge in [0.15, 0.2) is 0 Å². The van der Waals surface area contributed by atoms with Gasteiger partial charge in [-0.15, -0.1) is 0 Å². The van der Waals surface area contributed by atoms with E-state index in [4.69, 9.17) is 5.26 Å². The van der Waals surface area contributed by atoms with Crippen LogP contribution >= 0.6 is 0 Å². The summed E-state index contributed by atoms with van der Waals surface area (Å²) in [5.41, 5.74) is 0.644. The molecule has 9 heavy (non-hydrogen) atoms. The first-order valence-corrected chi connectivity index (χ1v) is 3.03. The van der Waals surface area contributed by atoms with E-state index in [2.05, 4.69) is 5.32 Å². The zero-order valence-electron chi connectivity index (χ0n) is 6.10. The van der Waals surface area contributed by atoms with E-state index in [0.717, 1.165) is 0 Å². The van der Waals surface area contributed by atoms with Crippen molar-refractivity contribution in [3.05, 3.63) is 11.8 Å². The highest BCUT2D eigenvalue weighted by atomic mass is 14.9. The Morgan fingerprint density at radius 3 is 2.33 bits per heavy atom. The van der Waals surface area contributed by atoms with Crippen LogP contribution in [0, 0.1) is 11.3 Å². The van der Waals surface area contributed by atoms with Gasteiger partial charge in [-0.05, 0) is 20.8 Å². The van der Waals surface area contributed by atoms with Gasteiger partial charge < -0.3 is 5.32 Å². The molecule has 0 aliphatic heterocycles. The molecule has 0 bridgehead atoms. The van der Waals surface area contributed by atoms with Crippen LogP contribution in [0.4, 0.5) is 0 Å². The molecule has 0 amide bonds. The summed E-state index contributed by atoms with van der Waals surface area (Å²) >= 11 is 0. The normalized spacial score (nSPS) is 11.2. The quantitative estimate of drug-likeness (QED) is 0.565. The number of rotatable bonds is 2. The number of allylic oxidation sites excluding steroid dienone is 2. The highest BCUT2D eigenvalue weighted by Crippen LogP contribution is 1.87. The van der Waals surface area contributed by atoms with Crippen molar-refractivity contribution in [3.8, 4) is 6.07 Å². The molecule has 2 nitrogen and oxygen atoms in total. The van der Waals surface area contributed by atoms with Crippen molar-refractivity contribution < 1.29 is 0 Å². The maximum Gasteiger partial charge on any atom is 0.117 e. The Hall–Kier alpha value is -0.970. The molecule has 0 radical (unpaired) electrons. The summed E-state index contributed by atoms with van der Waals surface area (Å²) in [7, 11) is 0. The van der Waals surface area contributed by atoms with Gasteiger partial charge in [-0.2, -0.15) is 5.26 Å². The summed E-state index contributed by atoms with van der Waals surface area (Å²) in [6.45, 7) is 5.84. The van der Waals surface area contributed by atoms with Crippen molar-refractivity contribution in [2.45, 2.75) is 26.8 Å². The fraction of sp³-hybridized carbons (Fsp3) is 0.571. The molecule has 0 aliphatic rings. The number of nitriles is 1. The summed E-state index contributed by atoms with van der Waals surface area (Å²) in [5, 5.41) is 11.4. The van der Waals surface area contributed by atoms with Gasteiger partial charge in [0.05, 0.1) is 0 Å². The van der Waals surface area contributed by atoms with Crippen LogP contribution in [-0.4, -0.2) is 6.04 Å². The Balaban J connectivity index is 3.76. The third kappa shape index (κ3) is 3.60. The molecule has 0 rings (SSSR count). The molecule has 0 aromatic carbocycles. The van der Waals surface area contributed by atoms with Gasteiger partial charge in [-0.1, -0.05) is 6.08 Å². The number of nitrogens with zero attached hydrogens (tertiary/aromatic N) is 1. The number of hydrogen-bond acceptors (Lipinski definition) is 2. The van der Waals surface area contributed by atoms with Crippen LogP contribution in [0.1, 0.15) is 20.8 Å². The van der Waals surface area contributed by atoms with Gasteiger partial charge in [0.25, 0.3) is 0 Å². The molecular formula is C7H12N2. The van der Waals surface area contributed by atoms with Crippen molar-refractivity contribution in [1.29, 1.82) is 5.26 Å². The predicted molar refractivity (Wildman–Crippen MR) is 37.6 cm³/mol. The van der Waals surface area contributed by atoms with E-state index in [1.54, 1.807) is 6.08 Å². The molecule has 1 N–H and O–H groups in total. The molecule has 0 atom stereocenters. The molecule has 0 aromatic rings. The van der Waals surface area contributed by atoms with Gasteiger partial charge in [-0.25, -0.2) is 0 Å². The van der Waals surface area contributed by atoms with Gasteiger partial charge in [0.2, 0.25) is 0 Å². The molecule has 0 aromatic heterocycles. The van der Waals surface area contributed by atoms with E-state index in [9.17, 15) is 0 Å². The zero-order chi connectivity index (χ0) is 7.28. The van der Waals surface area contributed by atoms with Crippen molar-refractivity contribution in [1.82, 2.24) is 5.32 Å². The number of hydrogen-bond donors (Lipinski definition) is 1. The first-order valence-electron chi connectivity index (χ1n) is 3.03. The first kappa shape index (κ1) is 8.03. The van der Waals surface area contributed by atoms with Crippen LogP contribution in [0.2, 0.25) is 0 Å². The lowest BCUT2D eigenvalue weighted by Crippen LogP contribution is -2.20. The zero-order valence-corrected chi connectivity index (χ0v) is 6.10. The maximum absolute atomic E-state index is 8.39. The third-order valence-electron chi connectivity index (χ3n) is 0.853. The highest BCUT2D eigenvalue weighted by molar-refractivity contribution is 5.17. The smallest absolute Gasteiger partial charge is 0.117 e. The topological polar surface area (TPSA) is 35.8 Å². The van der Waals surface area contributed by atoms with E-state index in [0.29, 0.717) is 11.7 Å². The summed E-state index contributed by atoms with van der Waals surface area (Å²) in [4.78, 5) is 0. The van der Waals surface area contributed by atoms with Crippen molar-refractivity contribution in [2.75, 3.05) is 0 Å². The van der Waals surface area contributed by atoms with Gasteiger partial charge in [0, 0.05) is 6.04 Å². The lowest BCUT2D eigenvalue weighted by atomic mass is 10.3. The van der Waals surface area contributed by atoms with Gasteiger partial charge >= 0.3 is 0 Å². The van der Waals surface area contributed by atoms with Crippen molar-refractivity contribution in [3.63, 3.8) is 0 Å². The largest absolute Gasteiger partial charge is 0.375 e. The minimum atomic E-state index is 0.343. The second-order valence-corrected chi connectivity index (χ2v) is 2.11. The molecular weight excluding hydrogens is 112 g/mol. The van der Waals surface area contributed by atoms with Crippen LogP contribution < -0.4 is 5.32 Å². The molecule has 0 unspecified atom stereocenters. The molecule has 0 heterocycles. The average Bonchev–Trinajstić information content (AvgIpc) is 1.82. The lowest BCUT2D eigenvalue weighted by Gasteiger charge is -2.05. The minimum absolute atomic E-state index is 0.343. The van der Waals surface area contributed by atoms with Gasteiger partial charge in [0.1, 0.15) is 11.8 Å². The van der Waals surface area contributed by atoms with Crippen LogP contribution in [0.3, 0.4) is 0 Å². The van der Waals surface area contributed by atoms with E-state index in [1.165, 1.54) is 0 Å². The van der Waals surface area contributed by atoms with E-state index in [-0.39, 0.29) is 0 Å². The molecule has 0 fully saturated rings. The second kappa shape index (κ2) is 3.96. The van der Waals surface area contributed by atoms with E-state index >= 15 is 0 Å². The Morgan fingerprint density at radius 2 is 2.22 bits per heavy atom. The summed E-state index contributed by atoms with van der Waals surface area (Å²) in [5.74, 6) is 0. The maximum atomic E-state index is 8.39. The van der Waals surface area contributed by atoms with E-state index in [1.807, 2.05) is 26.8 Å². The third-order valence-corrected chi connectivity index (χ3v) is 0.853. The SMILES string of the molecule is C/C=C(\C#N)NC(C)C. The van der Waals surface area contributed by atoms with Crippen LogP contribution in [0.5, 0.6) is 0 Å². The predicted octanol–water partition coefficient (Wildman–Crippen LogP) is 1.41. The fourth-order valence-corrected chi connectivity index (χ4v) is 0.491. The molecule has 0 saturated carbocycles. The Bertz CT molecular complexity index is 139. The highest BCUT2D eigenvalue weighted by Gasteiger charge is 1.92. The minimum Gasteiger partial charge on any atom is -0.375 e. The molecule has 0 saturated heterocycles. The van der Waals surface area contributed by atoms with Crippen LogP contribution in [0.25, 0.3) is 0 Å². The number of nitrogens with one attached hydrogen (secondary N) is 1. The summed E-state index contributed by atoms with van der Waals surface area (Å²) in [6, 6.07) is 2.38. The Morgan fingerprint density at radius 1 is 1.67 bits per heavy atom. The van der Waals surface area contributed by atoms with Crippen molar-refractivity contribution >= 4 is 0 Å². The molecule has 0 aliphatic carbocycles. The second-order valence-electron chi connectivity index (χ2n) is 2.11. The molecule has 0 spiro atoms. The standard InChI is InChI=1S/C7H12N2/c1-4-7(5-8)9-6(2)3/h4,6,9H,1-3H3/b7-4+. The average molecular weight is 124 g/mol. The van der Waals surface area contributed by atoms with Crippen LogP contribution in [-0.2, 0) is 0 Å². The van der Waals surface area contributed by atoms with E-state index < -0.39 is 0 Å². The summed E-state index contributed by atoms with van der Waals surface area (Å²) in [6.07, 6.45) is 1.76. The van der Waals surface area contributed by atoms with Crippen LogP contribution in [0.15, 0.2) is 11.8 Å². The lowest BCUT2D eigenvalue weighted by molar-refractivity contribution is 0.682. The Labute approximate surface area is 56.2 Å². The molecule has 50 valence electrons. The first-order chi connectivity index (χ1) is 4.20. The summed E-state index contributed by atoms with van der Waals surface area (Å²) < 4.78 is 0. The molecule has 2 heteroatoms. The van der Waals surface area contributed by atoms with Gasteiger partial charge in [-0.3, -0.25) is 0 Å². The Kier molecular flexibility index (Phi) is 3.54.